The smallest absolute Gasteiger partial charge is 0.256 e. The highest BCUT2D eigenvalue weighted by molar-refractivity contribution is 5.99. The van der Waals surface area contributed by atoms with E-state index in [1.54, 1.807) is 0 Å². The Kier molecular flexibility index (Phi) is 4.54. The van der Waals surface area contributed by atoms with E-state index in [0.29, 0.717) is 11.3 Å². The predicted octanol–water partition coefficient (Wildman–Crippen LogP) is 1.84. The number of benzene rings is 1. The molecular weight excluding hydrogens is 264 g/mol. The molecule has 0 radical (unpaired) electrons. The fraction of sp³-hybridized carbons (Fsp3) is 0.562. The van der Waals surface area contributed by atoms with Crippen molar-refractivity contribution >= 4 is 11.6 Å². The summed E-state index contributed by atoms with van der Waals surface area (Å²) in [6.45, 7) is 11.9. The number of nitrogen functional groups attached to an aromatic ring is 1. The topological polar surface area (TPSA) is 61.6 Å². The molecule has 21 heavy (non-hydrogen) atoms. The summed E-state index contributed by atoms with van der Waals surface area (Å²) in [6.07, 6.45) is 0. The van der Waals surface area contributed by atoms with Crippen molar-refractivity contribution < 1.29 is 4.79 Å². The molecule has 1 saturated heterocycles. The van der Waals surface area contributed by atoms with Crippen LogP contribution in [0.25, 0.3) is 0 Å². The maximum Gasteiger partial charge on any atom is 0.256 e. The normalized spacial score (nSPS) is 16.9. The zero-order valence-corrected chi connectivity index (χ0v) is 13.4. The summed E-state index contributed by atoms with van der Waals surface area (Å²) < 4.78 is 0. The maximum atomic E-state index is 12.7. The second kappa shape index (κ2) is 6.03. The molecule has 1 amide bonds. The maximum absolute atomic E-state index is 12.7. The lowest BCUT2D eigenvalue weighted by molar-refractivity contribution is 0.0452. The van der Waals surface area contributed by atoms with E-state index >= 15 is 0 Å². The highest BCUT2D eigenvalue weighted by Gasteiger charge is 2.28. The van der Waals surface area contributed by atoms with Crippen LogP contribution in [0.2, 0.25) is 0 Å². The van der Waals surface area contributed by atoms with E-state index in [2.05, 4.69) is 31.1 Å². The van der Waals surface area contributed by atoms with Crippen LogP contribution in [0.1, 0.15) is 36.7 Å². The van der Waals surface area contributed by atoms with Gasteiger partial charge in [-0.3, -0.25) is 15.5 Å². The number of nitrogens with one attached hydrogen (secondary N) is 1. The number of aryl methyl sites for hydroxylation is 1. The van der Waals surface area contributed by atoms with Gasteiger partial charge < -0.3 is 10.3 Å². The molecule has 0 saturated carbocycles. The van der Waals surface area contributed by atoms with Gasteiger partial charge in [0.25, 0.3) is 5.91 Å². The highest BCUT2D eigenvalue weighted by Crippen LogP contribution is 2.21. The molecule has 0 bridgehead atoms. The van der Waals surface area contributed by atoms with Crippen LogP contribution in [0, 0.1) is 6.92 Å². The van der Waals surface area contributed by atoms with Crippen LogP contribution >= 0.6 is 0 Å². The zero-order chi connectivity index (χ0) is 15.6. The van der Waals surface area contributed by atoms with Gasteiger partial charge in [0.05, 0.1) is 11.3 Å². The molecule has 0 unspecified atom stereocenters. The van der Waals surface area contributed by atoms with E-state index in [1.807, 2.05) is 30.0 Å². The number of hydrogen-bond acceptors (Lipinski definition) is 4. The molecule has 1 aliphatic rings. The minimum Gasteiger partial charge on any atom is -0.336 e. The summed E-state index contributed by atoms with van der Waals surface area (Å²) in [5, 5.41) is 0. The van der Waals surface area contributed by atoms with Crippen LogP contribution in [0.5, 0.6) is 0 Å². The van der Waals surface area contributed by atoms with Gasteiger partial charge in [0.1, 0.15) is 0 Å². The van der Waals surface area contributed by atoms with Crippen molar-refractivity contribution in [2.45, 2.75) is 33.2 Å². The van der Waals surface area contributed by atoms with Gasteiger partial charge in [-0.15, -0.1) is 0 Å². The number of rotatable bonds is 2. The first-order valence-corrected chi connectivity index (χ1v) is 7.44. The molecule has 1 heterocycles. The Morgan fingerprint density at radius 1 is 1.19 bits per heavy atom. The number of amides is 1. The molecule has 1 aromatic rings. The van der Waals surface area contributed by atoms with Crippen LogP contribution in [0.3, 0.4) is 0 Å². The predicted molar refractivity (Wildman–Crippen MR) is 86.2 cm³/mol. The molecule has 5 heteroatoms. The lowest BCUT2D eigenvalue weighted by Gasteiger charge is -2.42. The number of hydrogen-bond donors (Lipinski definition) is 2. The number of carbonyl (C=O) groups excluding carboxylic acids is 1. The summed E-state index contributed by atoms with van der Waals surface area (Å²) >= 11 is 0. The Hall–Kier alpha value is -1.59. The van der Waals surface area contributed by atoms with Crippen molar-refractivity contribution in [3.8, 4) is 0 Å². The van der Waals surface area contributed by atoms with Gasteiger partial charge in [0.15, 0.2) is 0 Å². The SMILES string of the molecule is Cc1ccc(NN)c(C(=O)N2CCN(C(C)(C)C)CC2)c1. The second-order valence-corrected chi connectivity index (χ2v) is 6.64. The van der Waals surface area contributed by atoms with E-state index < -0.39 is 0 Å². The largest absolute Gasteiger partial charge is 0.336 e. The minimum atomic E-state index is 0.0557. The lowest BCUT2D eigenvalue weighted by atomic mass is 10.0. The van der Waals surface area contributed by atoms with E-state index in [1.165, 1.54) is 0 Å². The monoisotopic (exact) mass is 290 g/mol. The summed E-state index contributed by atoms with van der Waals surface area (Å²) in [5.74, 6) is 5.57. The molecule has 0 aliphatic carbocycles. The number of nitrogens with zero attached hydrogens (tertiary/aromatic N) is 2. The minimum absolute atomic E-state index is 0.0557. The number of hydrazine groups is 1. The van der Waals surface area contributed by atoms with E-state index in [9.17, 15) is 4.79 Å². The Bertz CT molecular complexity index is 513. The van der Waals surface area contributed by atoms with Crippen molar-refractivity contribution in [2.75, 3.05) is 31.6 Å². The van der Waals surface area contributed by atoms with Crippen LogP contribution < -0.4 is 11.3 Å². The molecule has 2 rings (SSSR count). The number of carbonyl (C=O) groups is 1. The third kappa shape index (κ3) is 3.54. The third-order valence-corrected chi connectivity index (χ3v) is 4.08. The fourth-order valence-electron chi connectivity index (χ4n) is 2.71. The summed E-state index contributed by atoms with van der Waals surface area (Å²) in [4.78, 5) is 17.0. The van der Waals surface area contributed by atoms with Crippen molar-refractivity contribution in [1.29, 1.82) is 0 Å². The van der Waals surface area contributed by atoms with Crippen LogP contribution in [-0.4, -0.2) is 47.4 Å². The van der Waals surface area contributed by atoms with Gasteiger partial charge >= 0.3 is 0 Å². The number of anilines is 1. The average Bonchev–Trinajstić information content (AvgIpc) is 2.45. The quantitative estimate of drug-likeness (QED) is 0.644. The van der Waals surface area contributed by atoms with Crippen molar-refractivity contribution in [1.82, 2.24) is 9.80 Å². The first-order valence-electron chi connectivity index (χ1n) is 7.44. The number of nitrogens with two attached hydrogens (primary N) is 1. The molecule has 1 aromatic carbocycles. The van der Waals surface area contributed by atoms with Gasteiger partial charge in [0, 0.05) is 31.7 Å². The molecule has 3 N–H and O–H groups in total. The molecule has 1 fully saturated rings. The average molecular weight is 290 g/mol. The van der Waals surface area contributed by atoms with Crippen LogP contribution in [0.15, 0.2) is 18.2 Å². The Balaban J connectivity index is 2.11. The summed E-state index contributed by atoms with van der Waals surface area (Å²) in [6, 6.07) is 5.70. The van der Waals surface area contributed by atoms with E-state index in [4.69, 9.17) is 5.84 Å². The van der Waals surface area contributed by atoms with Gasteiger partial charge in [-0.25, -0.2) is 0 Å². The van der Waals surface area contributed by atoms with E-state index in [-0.39, 0.29) is 11.4 Å². The lowest BCUT2D eigenvalue weighted by Crippen LogP contribution is -2.54. The molecule has 1 aliphatic heterocycles. The summed E-state index contributed by atoms with van der Waals surface area (Å²) in [7, 11) is 0. The van der Waals surface area contributed by atoms with Gasteiger partial charge in [-0.05, 0) is 39.8 Å². The van der Waals surface area contributed by atoms with Crippen LogP contribution in [-0.2, 0) is 0 Å². The number of piperazine rings is 1. The molecule has 0 spiro atoms. The summed E-state index contributed by atoms with van der Waals surface area (Å²) in [5.41, 5.74) is 5.17. The van der Waals surface area contributed by atoms with Gasteiger partial charge in [-0.1, -0.05) is 11.6 Å². The second-order valence-electron chi connectivity index (χ2n) is 6.64. The molecular formula is C16H26N4O. The van der Waals surface area contributed by atoms with Crippen LogP contribution in [0.4, 0.5) is 5.69 Å². The Morgan fingerprint density at radius 3 is 2.33 bits per heavy atom. The molecule has 0 atom stereocenters. The van der Waals surface area contributed by atoms with Gasteiger partial charge in [-0.2, -0.15) is 0 Å². The first kappa shape index (κ1) is 15.8. The first-order chi connectivity index (χ1) is 9.82. The zero-order valence-electron chi connectivity index (χ0n) is 13.4. The molecule has 0 aromatic heterocycles. The van der Waals surface area contributed by atoms with Crippen molar-refractivity contribution in [3.05, 3.63) is 29.3 Å². The van der Waals surface area contributed by atoms with E-state index in [0.717, 1.165) is 31.7 Å². The molecule has 5 nitrogen and oxygen atoms in total. The van der Waals surface area contributed by atoms with Gasteiger partial charge in [0.2, 0.25) is 0 Å². The molecule has 116 valence electrons. The standard InChI is InChI=1S/C16H26N4O/c1-12-5-6-14(18-17)13(11-12)15(21)19-7-9-20(10-8-19)16(2,3)4/h5-6,11,18H,7-10,17H2,1-4H3. The Morgan fingerprint density at radius 2 is 1.81 bits per heavy atom. The Labute approximate surface area is 127 Å². The van der Waals surface area contributed by atoms with Crippen molar-refractivity contribution in [3.63, 3.8) is 0 Å². The fourth-order valence-corrected chi connectivity index (χ4v) is 2.71. The van der Waals surface area contributed by atoms with Crippen molar-refractivity contribution in [2.24, 2.45) is 5.84 Å². The highest BCUT2D eigenvalue weighted by atomic mass is 16.2. The third-order valence-electron chi connectivity index (χ3n) is 4.08.